The Labute approximate surface area is 170 Å². The molecule has 4 aliphatic rings. The molecule has 3 atom stereocenters. The van der Waals surface area contributed by atoms with Crippen LogP contribution in [0.1, 0.15) is 89.0 Å². The summed E-state index contributed by atoms with van der Waals surface area (Å²) in [6.45, 7) is 4.62. The van der Waals surface area contributed by atoms with Crippen LogP contribution in [0.2, 0.25) is 0 Å². The largest absolute Gasteiger partial charge is 0.312 e. The minimum Gasteiger partial charge on any atom is -0.312 e. The van der Waals surface area contributed by atoms with Crippen molar-refractivity contribution in [3.63, 3.8) is 0 Å². The molecule has 1 aromatic rings. The zero-order valence-electron chi connectivity index (χ0n) is 17.5. The fraction of sp³-hybridized carbons (Fsp3) is 0.720. The van der Waals surface area contributed by atoms with Gasteiger partial charge in [0.1, 0.15) is 0 Å². The van der Waals surface area contributed by atoms with Crippen molar-refractivity contribution in [1.29, 1.82) is 0 Å². The normalized spacial score (nSPS) is 33.2. The first-order chi connectivity index (χ1) is 13.7. The summed E-state index contributed by atoms with van der Waals surface area (Å²) in [6, 6.07) is 10.6. The van der Waals surface area contributed by atoms with Crippen molar-refractivity contribution in [2.45, 2.75) is 95.6 Å². The summed E-state index contributed by atoms with van der Waals surface area (Å²) >= 11 is 0. The Morgan fingerprint density at radius 1 is 0.893 bits per heavy atom. The van der Waals surface area contributed by atoms with Gasteiger partial charge < -0.3 is 4.90 Å². The Morgan fingerprint density at radius 3 is 2.39 bits per heavy atom. The number of hydrogen-bond acceptors (Lipinski definition) is 2. The van der Waals surface area contributed by atoms with E-state index in [-0.39, 0.29) is 5.41 Å². The molecule has 0 N–H and O–H groups in total. The molecule has 2 saturated carbocycles. The Morgan fingerprint density at radius 2 is 1.68 bits per heavy atom. The van der Waals surface area contributed by atoms with Crippen LogP contribution in [0.5, 0.6) is 0 Å². The monoisotopic (exact) mass is 380 g/mol. The lowest BCUT2D eigenvalue weighted by Crippen LogP contribution is -2.36. The molecule has 1 aromatic carbocycles. The van der Waals surface area contributed by atoms with E-state index in [1.807, 2.05) is 0 Å². The minimum absolute atomic E-state index is 0.0258. The average Bonchev–Trinajstić information content (AvgIpc) is 3.44. The summed E-state index contributed by atoms with van der Waals surface area (Å²) in [5, 5.41) is 0. The number of benzene rings is 1. The third-order valence-electron chi connectivity index (χ3n) is 8.48. The second kappa shape index (κ2) is 7.48. The van der Waals surface area contributed by atoms with Crippen LogP contribution in [0.4, 0.5) is 5.69 Å². The van der Waals surface area contributed by atoms with Crippen molar-refractivity contribution < 1.29 is 4.79 Å². The molecule has 0 aromatic heterocycles. The van der Waals surface area contributed by atoms with Gasteiger partial charge in [-0.05, 0) is 88.4 Å². The highest BCUT2D eigenvalue weighted by Crippen LogP contribution is 2.46. The molecule has 2 aliphatic heterocycles. The van der Waals surface area contributed by atoms with E-state index in [4.69, 9.17) is 0 Å². The van der Waals surface area contributed by atoms with Crippen molar-refractivity contribution >= 4 is 11.6 Å². The van der Waals surface area contributed by atoms with Gasteiger partial charge in [0, 0.05) is 24.3 Å². The van der Waals surface area contributed by atoms with Gasteiger partial charge in [-0.15, -0.1) is 0 Å². The molecule has 4 fully saturated rings. The molecule has 0 radical (unpaired) electrons. The lowest BCUT2D eigenvalue weighted by atomic mass is 9.73. The summed E-state index contributed by atoms with van der Waals surface area (Å²) in [7, 11) is 0. The van der Waals surface area contributed by atoms with Gasteiger partial charge in [-0.2, -0.15) is 0 Å². The number of carbonyl (C=O) groups excluding carboxylic acids is 1. The quantitative estimate of drug-likeness (QED) is 0.692. The first-order valence-electron chi connectivity index (χ1n) is 11.8. The first kappa shape index (κ1) is 18.7. The molecule has 2 aliphatic carbocycles. The van der Waals surface area contributed by atoms with E-state index < -0.39 is 0 Å². The molecular formula is C25H36N2O. The van der Waals surface area contributed by atoms with E-state index in [2.05, 4.69) is 41.0 Å². The van der Waals surface area contributed by atoms with Gasteiger partial charge in [-0.3, -0.25) is 9.69 Å². The van der Waals surface area contributed by atoms with Crippen LogP contribution in [-0.4, -0.2) is 36.0 Å². The average molecular weight is 381 g/mol. The van der Waals surface area contributed by atoms with Gasteiger partial charge in [0.2, 0.25) is 5.91 Å². The topological polar surface area (TPSA) is 23.6 Å². The maximum Gasteiger partial charge on any atom is 0.233 e. The molecule has 5 rings (SSSR count). The van der Waals surface area contributed by atoms with Crippen LogP contribution in [0.15, 0.2) is 24.3 Å². The number of amides is 1. The molecule has 2 unspecified atom stereocenters. The number of likely N-dealkylation sites (tertiary alicyclic amines) is 1. The highest BCUT2D eigenvalue weighted by Gasteiger charge is 2.47. The predicted molar refractivity (Wildman–Crippen MR) is 115 cm³/mol. The maximum absolute atomic E-state index is 13.2. The summed E-state index contributed by atoms with van der Waals surface area (Å²) in [6.07, 6.45) is 13.8. The zero-order valence-corrected chi connectivity index (χ0v) is 17.5. The Balaban J connectivity index is 1.25. The highest BCUT2D eigenvalue weighted by molar-refractivity contribution is 5.99. The standard InChI is InChI=1S/C25H36N2O/c1-19-6-5-16-26(19)23-12-9-21(18-23)20-7-10-22(11-8-20)27-17-15-25(24(27)28)13-3-2-4-14-25/h7-8,10-11,19,21,23H,2-6,9,12-18H2,1H3/t19?,21-,23?/m0/s1. The molecular weight excluding hydrogens is 344 g/mol. The number of nitrogens with zero attached hydrogens (tertiary/aromatic N) is 2. The fourth-order valence-electron chi connectivity index (χ4n) is 6.75. The molecule has 152 valence electrons. The van der Waals surface area contributed by atoms with E-state index in [1.165, 1.54) is 63.5 Å². The van der Waals surface area contributed by atoms with Crippen LogP contribution in [0.25, 0.3) is 0 Å². The van der Waals surface area contributed by atoms with Gasteiger partial charge in [0.05, 0.1) is 5.41 Å². The predicted octanol–water partition coefficient (Wildman–Crippen LogP) is 5.49. The van der Waals surface area contributed by atoms with Gasteiger partial charge >= 0.3 is 0 Å². The van der Waals surface area contributed by atoms with E-state index in [0.717, 1.165) is 43.6 Å². The molecule has 28 heavy (non-hydrogen) atoms. The number of carbonyl (C=O) groups is 1. The van der Waals surface area contributed by atoms with Crippen molar-refractivity contribution in [2.75, 3.05) is 18.0 Å². The smallest absolute Gasteiger partial charge is 0.233 e. The molecule has 3 nitrogen and oxygen atoms in total. The van der Waals surface area contributed by atoms with Gasteiger partial charge in [0.25, 0.3) is 0 Å². The first-order valence-corrected chi connectivity index (χ1v) is 11.8. The second-order valence-corrected chi connectivity index (χ2v) is 10.0. The van der Waals surface area contributed by atoms with Crippen molar-refractivity contribution in [1.82, 2.24) is 4.90 Å². The Kier molecular flexibility index (Phi) is 4.99. The third-order valence-corrected chi connectivity index (χ3v) is 8.48. The van der Waals surface area contributed by atoms with E-state index >= 15 is 0 Å². The van der Waals surface area contributed by atoms with E-state index in [9.17, 15) is 4.79 Å². The second-order valence-electron chi connectivity index (χ2n) is 10.0. The molecule has 1 spiro atoms. The molecule has 1 amide bonds. The van der Waals surface area contributed by atoms with Gasteiger partial charge in [-0.1, -0.05) is 31.4 Å². The van der Waals surface area contributed by atoms with Crippen LogP contribution in [0, 0.1) is 5.41 Å². The summed E-state index contributed by atoms with van der Waals surface area (Å²) in [5.41, 5.74) is 2.58. The molecule has 0 bridgehead atoms. The van der Waals surface area contributed by atoms with E-state index in [0.29, 0.717) is 11.8 Å². The van der Waals surface area contributed by atoms with Crippen molar-refractivity contribution in [2.24, 2.45) is 5.41 Å². The lowest BCUT2D eigenvalue weighted by Gasteiger charge is -2.31. The third kappa shape index (κ3) is 3.20. The lowest BCUT2D eigenvalue weighted by molar-refractivity contribution is -0.127. The molecule has 3 heteroatoms. The van der Waals surface area contributed by atoms with Gasteiger partial charge in [-0.25, -0.2) is 0 Å². The highest BCUT2D eigenvalue weighted by atomic mass is 16.2. The summed E-state index contributed by atoms with van der Waals surface area (Å²) < 4.78 is 0. The Bertz CT molecular complexity index is 706. The summed E-state index contributed by atoms with van der Waals surface area (Å²) in [5.74, 6) is 1.11. The van der Waals surface area contributed by atoms with Crippen LogP contribution >= 0.6 is 0 Å². The van der Waals surface area contributed by atoms with Crippen molar-refractivity contribution in [3.8, 4) is 0 Å². The van der Waals surface area contributed by atoms with Crippen molar-refractivity contribution in [3.05, 3.63) is 29.8 Å². The Hall–Kier alpha value is -1.35. The SMILES string of the molecule is CC1CCCN1C1CC[C@H](c2ccc(N3CCC4(CCCCC4)C3=O)cc2)C1. The minimum atomic E-state index is -0.0258. The summed E-state index contributed by atoms with van der Waals surface area (Å²) in [4.78, 5) is 18.0. The van der Waals surface area contributed by atoms with Crippen LogP contribution < -0.4 is 4.90 Å². The zero-order chi connectivity index (χ0) is 19.1. The van der Waals surface area contributed by atoms with E-state index in [1.54, 1.807) is 0 Å². The maximum atomic E-state index is 13.2. The van der Waals surface area contributed by atoms with Gasteiger partial charge in [0.15, 0.2) is 0 Å². The van der Waals surface area contributed by atoms with Crippen LogP contribution in [0.3, 0.4) is 0 Å². The molecule has 2 saturated heterocycles. The number of rotatable bonds is 3. The number of anilines is 1. The molecule has 2 heterocycles. The number of hydrogen-bond donors (Lipinski definition) is 0. The van der Waals surface area contributed by atoms with Crippen LogP contribution in [-0.2, 0) is 4.79 Å². The fourth-order valence-corrected chi connectivity index (χ4v) is 6.75.